The molecule has 2 heterocycles. The first-order chi connectivity index (χ1) is 11.1. The molecule has 2 aromatic heterocycles. The second-order valence-electron chi connectivity index (χ2n) is 5.34. The molecule has 4 nitrogen and oxygen atoms in total. The van der Waals surface area contributed by atoms with Gasteiger partial charge in [-0.3, -0.25) is 9.89 Å². The predicted molar refractivity (Wildman–Crippen MR) is 88.5 cm³/mol. The first-order valence-corrected chi connectivity index (χ1v) is 8.11. The van der Waals surface area contributed by atoms with Crippen LogP contribution in [0.5, 0.6) is 0 Å². The van der Waals surface area contributed by atoms with E-state index in [0.29, 0.717) is 13.0 Å². The molecule has 1 amide bonds. The highest BCUT2D eigenvalue weighted by molar-refractivity contribution is 7.08. The molecular weight excluding hydrogens is 313 g/mol. The monoisotopic (exact) mass is 329 g/mol. The fourth-order valence-electron chi connectivity index (χ4n) is 2.34. The summed E-state index contributed by atoms with van der Waals surface area (Å²) in [5.74, 6) is -0.229. The second kappa shape index (κ2) is 6.75. The number of halogens is 1. The van der Waals surface area contributed by atoms with Crippen molar-refractivity contribution in [2.24, 2.45) is 0 Å². The number of aromatic nitrogens is 2. The van der Waals surface area contributed by atoms with Crippen LogP contribution in [0.2, 0.25) is 0 Å². The molecule has 0 unspecified atom stereocenters. The summed E-state index contributed by atoms with van der Waals surface area (Å²) < 4.78 is 13.0. The number of benzene rings is 1. The fourth-order valence-corrected chi connectivity index (χ4v) is 3.01. The van der Waals surface area contributed by atoms with Crippen molar-refractivity contribution in [2.45, 2.75) is 13.0 Å². The minimum absolute atomic E-state index is 0.0506. The Hall–Kier alpha value is -2.47. The SMILES string of the molecule is CN(Cc1cn[nH]c1-c1ccc(F)cc1)C(=O)Cc1ccsc1. The molecule has 0 aliphatic rings. The van der Waals surface area contributed by atoms with E-state index < -0.39 is 0 Å². The summed E-state index contributed by atoms with van der Waals surface area (Å²) in [6.45, 7) is 0.451. The van der Waals surface area contributed by atoms with Gasteiger partial charge < -0.3 is 4.90 Å². The maximum atomic E-state index is 13.0. The number of hydrogen-bond donors (Lipinski definition) is 1. The number of nitrogens with one attached hydrogen (secondary N) is 1. The molecule has 0 saturated heterocycles. The number of carbonyl (C=O) groups excluding carboxylic acids is 1. The van der Waals surface area contributed by atoms with E-state index in [4.69, 9.17) is 0 Å². The molecule has 0 fully saturated rings. The Balaban J connectivity index is 1.72. The highest BCUT2D eigenvalue weighted by Gasteiger charge is 2.14. The van der Waals surface area contributed by atoms with Crippen molar-refractivity contribution < 1.29 is 9.18 Å². The number of hydrogen-bond acceptors (Lipinski definition) is 3. The first-order valence-electron chi connectivity index (χ1n) is 7.16. The summed E-state index contributed by atoms with van der Waals surface area (Å²) in [4.78, 5) is 14.0. The molecule has 0 radical (unpaired) electrons. The number of amides is 1. The van der Waals surface area contributed by atoms with E-state index in [0.717, 1.165) is 22.4 Å². The lowest BCUT2D eigenvalue weighted by atomic mass is 10.1. The molecule has 3 aromatic rings. The van der Waals surface area contributed by atoms with Gasteiger partial charge in [0.1, 0.15) is 5.82 Å². The van der Waals surface area contributed by atoms with Gasteiger partial charge in [0.15, 0.2) is 0 Å². The van der Waals surface area contributed by atoms with Crippen molar-refractivity contribution in [2.75, 3.05) is 7.05 Å². The number of carbonyl (C=O) groups is 1. The standard InChI is InChI=1S/C17H16FN3OS/c1-21(16(22)8-12-6-7-23-11-12)10-14-9-19-20-17(14)13-2-4-15(18)5-3-13/h2-7,9,11H,8,10H2,1H3,(H,19,20). The van der Waals surface area contributed by atoms with Crippen molar-refractivity contribution in [3.8, 4) is 11.3 Å². The lowest BCUT2D eigenvalue weighted by Crippen LogP contribution is -2.27. The zero-order valence-corrected chi connectivity index (χ0v) is 13.4. The molecule has 0 bridgehead atoms. The van der Waals surface area contributed by atoms with Crippen LogP contribution in [0.1, 0.15) is 11.1 Å². The van der Waals surface area contributed by atoms with Gasteiger partial charge in [0.05, 0.1) is 18.3 Å². The summed E-state index contributed by atoms with van der Waals surface area (Å²) in [6.07, 6.45) is 2.09. The minimum atomic E-state index is -0.280. The Kier molecular flexibility index (Phi) is 4.52. The van der Waals surface area contributed by atoms with E-state index in [2.05, 4.69) is 10.2 Å². The van der Waals surface area contributed by atoms with Crippen molar-refractivity contribution in [3.05, 3.63) is 64.2 Å². The molecule has 0 aliphatic carbocycles. The molecule has 0 saturated carbocycles. The number of thiophene rings is 1. The van der Waals surface area contributed by atoms with Crippen LogP contribution in [0.25, 0.3) is 11.3 Å². The topological polar surface area (TPSA) is 49.0 Å². The molecule has 0 aliphatic heterocycles. The highest BCUT2D eigenvalue weighted by Crippen LogP contribution is 2.22. The Morgan fingerprint density at radius 2 is 2.09 bits per heavy atom. The summed E-state index contributed by atoms with van der Waals surface area (Å²) in [6, 6.07) is 8.16. The molecule has 3 rings (SSSR count). The maximum Gasteiger partial charge on any atom is 0.227 e. The van der Waals surface area contributed by atoms with Crippen LogP contribution < -0.4 is 0 Å². The molecule has 23 heavy (non-hydrogen) atoms. The largest absolute Gasteiger partial charge is 0.341 e. The highest BCUT2D eigenvalue weighted by atomic mass is 32.1. The quantitative estimate of drug-likeness (QED) is 0.779. The van der Waals surface area contributed by atoms with Crippen LogP contribution in [0.4, 0.5) is 4.39 Å². The van der Waals surface area contributed by atoms with E-state index in [1.165, 1.54) is 12.1 Å². The lowest BCUT2D eigenvalue weighted by molar-refractivity contribution is -0.129. The van der Waals surface area contributed by atoms with E-state index in [1.54, 1.807) is 41.6 Å². The van der Waals surface area contributed by atoms with Crippen LogP contribution in [-0.2, 0) is 17.8 Å². The lowest BCUT2D eigenvalue weighted by Gasteiger charge is -2.17. The Bertz CT molecular complexity index is 781. The number of rotatable bonds is 5. The normalized spacial score (nSPS) is 10.7. The van der Waals surface area contributed by atoms with Gasteiger partial charge in [-0.25, -0.2) is 4.39 Å². The zero-order chi connectivity index (χ0) is 16.2. The van der Waals surface area contributed by atoms with Crippen LogP contribution >= 0.6 is 11.3 Å². The predicted octanol–water partition coefficient (Wildman–Crippen LogP) is 3.48. The van der Waals surface area contributed by atoms with Gasteiger partial charge in [-0.05, 0) is 46.7 Å². The summed E-state index contributed by atoms with van der Waals surface area (Å²) >= 11 is 1.58. The van der Waals surface area contributed by atoms with Crippen molar-refractivity contribution in [3.63, 3.8) is 0 Å². The first kappa shape index (κ1) is 15.4. The number of H-pyrrole nitrogens is 1. The smallest absolute Gasteiger partial charge is 0.227 e. The summed E-state index contributed by atoms with van der Waals surface area (Å²) in [7, 11) is 1.77. The van der Waals surface area contributed by atoms with Gasteiger partial charge in [0.2, 0.25) is 5.91 Å². The second-order valence-corrected chi connectivity index (χ2v) is 6.12. The molecule has 1 aromatic carbocycles. The fraction of sp³-hybridized carbons (Fsp3) is 0.176. The van der Waals surface area contributed by atoms with E-state index >= 15 is 0 Å². The van der Waals surface area contributed by atoms with Gasteiger partial charge >= 0.3 is 0 Å². The van der Waals surface area contributed by atoms with Crippen molar-refractivity contribution in [1.29, 1.82) is 0 Å². The number of likely N-dealkylation sites (N-methyl/N-ethyl adjacent to an activating group) is 1. The Morgan fingerprint density at radius 1 is 1.30 bits per heavy atom. The minimum Gasteiger partial charge on any atom is -0.341 e. The van der Waals surface area contributed by atoms with Crippen molar-refractivity contribution in [1.82, 2.24) is 15.1 Å². The van der Waals surface area contributed by atoms with Crippen LogP contribution in [-0.4, -0.2) is 28.1 Å². The average molecular weight is 329 g/mol. The molecule has 1 N–H and O–H groups in total. The number of nitrogens with zero attached hydrogens (tertiary/aromatic N) is 2. The van der Waals surface area contributed by atoms with Gasteiger partial charge in [-0.15, -0.1) is 0 Å². The molecular formula is C17H16FN3OS. The van der Waals surface area contributed by atoms with E-state index in [9.17, 15) is 9.18 Å². The van der Waals surface area contributed by atoms with Gasteiger partial charge in [-0.1, -0.05) is 0 Å². The van der Waals surface area contributed by atoms with Crippen LogP contribution in [0, 0.1) is 5.82 Å². The summed E-state index contributed by atoms with van der Waals surface area (Å²) in [5.41, 5.74) is 3.58. The van der Waals surface area contributed by atoms with Gasteiger partial charge in [0, 0.05) is 24.7 Å². The molecule has 6 heteroatoms. The summed E-state index contributed by atoms with van der Waals surface area (Å²) in [5, 5.41) is 10.9. The third kappa shape index (κ3) is 3.65. The third-order valence-corrected chi connectivity index (χ3v) is 4.35. The Labute approximate surface area is 137 Å². The van der Waals surface area contributed by atoms with Crippen LogP contribution in [0.15, 0.2) is 47.3 Å². The molecule has 0 atom stereocenters. The molecule has 0 spiro atoms. The number of aromatic amines is 1. The van der Waals surface area contributed by atoms with Gasteiger partial charge in [0.25, 0.3) is 0 Å². The van der Waals surface area contributed by atoms with E-state index in [1.807, 2.05) is 16.8 Å². The van der Waals surface area contributed by atoms with E-state index in [-0.39, 0.29) is 11.7 Å². The Morgan fingerprint density at radius 3 is 2.78 bits per heavy atom. The molecule has 118 valence electrons. The van der Waals surface area contributed by atoms with Gasteiger partial charge in [-0.2, -0.15) is 16.4 Å². The van der Waals surface area contributed by atoms with Crippen molar-refractivity contribution >= 4 is 17.2 Å². The third-order valence-electron chi connectivity index (χ3n) is 3.62. The zero-order valence-electron chi connectivity index (χ0n) is 12.6. The average Bonchev–Trinajstić information content (AvgIpc) is 3.20. The van der Waals surface area contributed by atoms with Crippen LogP contribution in [0.3, 0.4) is 0 Å². The maximum absolute atomic E-state index is 13.0.